The van der Waals surface area contributed by atoms with Gasteiger partial charge in [0.05, 0.1) is 0 Å². The standard InChI is InChI=1S/C9H10S/c1-7-2-3-9-8(6-7)4-5-10-9/h2-3,6H,4-5H2,1H3. The van der Waals surface area contributed by atoms with Crippen molar-refractivity contribution >= 4 is 11.8 Å². The molecule has 0 aliphatic carbocycles. The van der Waals surface area contributed by atoms with Gasteiger partial charge in [0.1, 0.15) is 0 Å². The Morgan fingerprint density at radius 2 is 2.30 bits per heavy atom. The molecule has 0 atom stereocenters. The maximum absolute atomic E-state index is 2.30. The Morgan fingerprint density at radius 3 is 3.20 bits per heavy atom. The summed E-state index contributed by atoms with van der Waals surface area (Å²) in [6.45, 7) is 2.16. The summed E-state index contributed by atoms with van der Waals surface area (Å²) >= 11 is 1.98. The SMILES string of the molecule is Cc1ccc2c(c1)CCS2. The molecule has 0 nitrogen and oxygen atoms in total. The average Bonchev–Trinajstić information content (AvgIpc) is 2.33. The van der Waals surface area contributed by atoms with Crippen molar-refractivity contribution in [1.29, 1.82) is 0 Å². The Balaban J connectivity index is 2.52. The van der Waals surface area contributed by atoms with Crippen molar-refractivity contribution in [1.82, 2.24) is 0 Å². The predicted molar refractivity (Wildman–Crippen MR) is 45.6 cm³/mol. The van der Waals surface area contributed by atoms with Gasteiger partial charge in [-0.3, -0.25) is 0 Å². The van der Waals surface area contributed by atoms with Crippen LogP contribution >= 0.6 is 11.8 Å². The number of hydrogen-bond acceptors (Lipinski definition) is 1. The van der Waals surface area contributed by atoms with Crippen LogP contribution in [-0.4, -0.2) is 5.75 Å². The molecule has 1 aromatic carbocycles. The van der Waals surface area contributed by atoms with Crippen molar-refractivity contribution in [2.24, 2.45) is 0 Å². The molecule has 52 valence electrons. The van der Waals surface area contributed by atoms with E-state index in [0.717, 1.165) is 0 Å². The zero-order valence-corrected chi connectivity index (χ0v) is 6.87. The van der Waals surface area contributed by atoms with Crippen LogP contribution in [0.15, 0.2) is 23.1 Å². The molecule has 0 saturated heterocycles. The molecule has 10 heavy (non-hydrogen) atoms. The van der Waals surface area contributed by atoms with E-state index in [9.17, 15) is 0 Å². The van der Waals surface area contributed by atoms with Gasteiger partial charge >= 0.3 is 0 Å². The smallest absolute Gasteiger partial charge is 0.0105 e. The fraction of sp³-hybridized carbons (Fsp3) is 0.333. The summed E-state index contributed by atoms with van der Waals surface area (Å²) in [4.78, 5) is 1.49. The average molecular weight is 150 g/mol. The normalized spacial score (nSPS) is 15.3. The molecule has 1 aliphatic heterocycles. The van der Waals surface area contributed by atoms with Crippen LogP contribution in [0.1, 0.15) is 11.1 Å². The summed E-state index contributed by atoms with van der Waals surface area (Å²) < 4.78 is 0. The maximum atomic E-state index is 2.30. The Morgan fingerprint density at radius 1 is 1.40 bits per heavy atom. The first kappa shape index (κ1) is 6.29. The minimum atomic E-state index is 1.27. The quantitative estimate of drug-likeness (QED) is 0.548. The fourth-order valence-electron chi connectivity index (χ4n) is 1.32. The van der Waals surface area contributed by atoms with Gasteiger partial charge in [0, 0.05) is 10.6 Å². The molecule has 0 aromatic heterocycles. The van der Waals surface area contributed by atoms with Crippen molar-refractivity contribution in [3.63, 3.8) is 0 Å². The van der Waals surface area contributed by atoms with Crippen molar-refractivity contribution in [3.05, 3.63) is 29.3 Å². The third-order valence-electron chi connectivity index (χ3n) is 1.84. The van der Waals surface area contributed by atoms with Gasteiger partial charge in [-0.1, -0.05) is 17.7 Å². The van der Waals surface area contributed by atoms with Crippen LogP contribution in [0.2, 0.25) is 0 Å². The van der Waals surface area contributed by atoms with Crippen LogP contribution in [0, 0.1) is 6.92 Å². The highest BCUT2D eigenvalue weighted by Gasteiger charge is 2.09. The Labute approximate surface area is 65.6 Å². The fourth-order valence-corrected chi connectivity index (χ4v) is 2.37. The first-order valence-electron chi connectivity index (χ1n) is 3.58. The molecule has 0 spiro atoms. The lowest BCUT2D eigenvalue weighted by Gasteiger charge is -1.97. The highest BCUT2D eigenvalue weighted by atomic mass is 32.2. The van der Waals surface area contributed by atoms with E-state index in [1.54, 1.807) is 5.56 Å². The van der Waals surface area contributed by atoms with Crippen LogP contribution in [0.5, 0.6) is 0 Å². The Hall–Kier alpha value is -0.430. The lowest BCUT2D eigenvalue weighted by Crippen LogP contribution is -1.80. The van der Waals surface area contributed by atoms with E-state index in [-0.39, 0.29) is 0 Å². The molecule has 1 heterocycles. The monoisotopic (exact) mass is 150 g/mol. The summed E-state index contributed by atoms with van der Waals surface area (Å²) in [6.07, 6.45) is 1.27. The lowest BCUT2D eigenvalue weighted by atomic mass is 10.1. The number of rotatable bonds is 0. The summed E-state index contributed by atoms with van der Waals surface area (Å²) in [6, 6.07) is 6.73. The summed E-state index contributed by atoms with van der Waals surface area (Å²) in [7, 11) is 0. The highest BCUT2D eigenvalue weighted by Crippen LogP contribution is 2.31. The lowest BCUT2D eigenvalue weighted by molar-refractivity contribution is 1.13. The van der Waals surface area contributed by atoms with Gasteiger partial charge in [0.15, 0.2) is 0 Å². The van der Waals surface area contributed by atoms with Crippen LogP contribution < -0.4 is 0 Å². The van der Waals surface area contributed by atoms with E-state index in [1.807, 2.05) is 11.8 Å². The molecule has 0 bridgehead atoms. The van der Waals surface area contributed by atoms with Crippen LogP contribution in [0.25, 0.3) is 0 Å². The van der Waals surface area contributed by atoms with Crippen molar-refractivity contribution < 1.29 is 0 Å². The second-order valence-corrected chi connectivity index (χ2v) is 3.85. The van der Waals surface area contributed by atoms with Gasteiger partial charge in [-0.25, -0.2) is 0 Å². The van der Waals surface area contributed by atoms with Crippen LogP contribution in [-0.2, 0) is 6.42 Å². The maximum Gasteiger partial charge on any atom is 0.0105 e. The molecule has 1 aromatic rings. The molecule has 0 fully saturated rings. The second kappa shape index (κ2) is 2.31. The first-order chi connectivity index (χ1) is 4.86. The molecular formula is C9H10S. The van der Waals surface area contributed by atoms with Gasteiger partial charge in [-0.15, -0.1) is 11.8 Å². The molecule has 0 radical (unpaired) electrons. The van der Waals surface area contributed by atoms with E-state index < -0.39 is 0 Å². The minimum Gasteiger partial charge on any atom is -0.126 e. The number of hydrogen-bond donors (Lipinski definition) is 0. The topological polar surface area (TPSA) is 0 Å². The van der Waals surface area contributed by atoms with Crippen molar-refractivity contribution in [2.75, 3.05) is 5.75 Å². The Kier molecular flexibility index (Phi) is 1.46. The molecule has 0 saturated carbocycles. The minimum absolute atomic E-state index is 1.27. The van der Waals surface area contributed by atoms with Gasteiger partial charge in [0.2, 0.25) is 0 Å². The molecule has 1 aliphatic rings. The van der Waals surface area contributed by atoms with Gasteiger partial charge in [0.25, 0.3) is 0 Å². The highest BCUT2D eigenvalue weighted by molar-refractivity contribution is 7.99. The van der Waals surface area contributed by atoms with Gasteiger partial charge < -0.3 is 0 Å². The first-order valence-corrected chi connectivity index (χ1v) is 4.57. The van der Waals surface area contributed by atoms with Crippen molar-refractivity contribution in [3.8, 4) is 0 Å². The number of benzene rings is 1. The van der Waals surface area contributed by atoms with Gasteiger partial charge in [-0.05, 0) is 25.0 Å². The van der Waals surface area contributed by atoms with E-state index in [2.05, 4.69) is 25.1 Å². The molecule has 0 amide bonds. The number of fused-ring (bicyclic) bond motifs is 1. The van der Waals surface area contributed by atoms with Crippen molar-refractivity contribution in [2.45, 2.75) is 18.2 Å². The Bertz CT molecular complexity index is 253. The van der Waals surface area contributed by atoms with Crippen LogP contribution in [0.3, 0.4) is 0 Å². The van der Waals surface area contributed by atoms with E-state index in [0.29, 0.717) is 0 Å². The molecule has 2 rings (SSSR count). The largest absolute Gasteiger partial charge is 0.126 e. The number of aryl methyl sites for hydroxylation is 2. The predicted octanol–water partition coefficient (Wildman–Crippen LogP) is 2.64. The van der Waals surface area contributed by atoms with E-state index in [4.69, 9.17) is 0 Å². The van der Waals surface area contributed by atoms with E-state index >= 15 is 0 Å². The third kappa shape index (κ3) is 0.948. The molecule has 0 unspecified atom stereocenters. The third-order valence-corrected chi connectivity index (χ3v) is 2.96. The molecule has 0 N–H and O–H groups in total. The number of thioether (sulfide) groups is 1. The summed E-state index contributed by atoms with van der Waals surface area (Å²) in [5.41, 5.74) is 2.94. The summed E-state index contributed by atoms with van der Waals surface area (Å²) in [5.74, 6) is 1.28. The zero-order chi connectivity index (χ0) is 6.97. The second-order valence-electron chi connectivity index (χ2n) is 2.71. The molecular weight excluding hydrogens is 140 g/mol. The van der Waals surface area contributed by atoms with Crippen LogP contribution in [0.4, 0.5) is 0 Å². The zero-order valence-electron chi connectivity index (χ0n) is 6.05. The van der Waals surface area contributed by atoms with Gasteiger partial charge in [-0.2, -0.15) is 0 Å². The summed E-state index contributed by atoms with van der Waals surface area (Å²) in [5, 5.41) is 0. The molecule has 1 heteroatoms. The van der Waals surface area contributed by atoms with E-state index in [1.165, 1.54) is 22.6 Å².